The lowest BCUT2D eigenvalue weighted by atomic mass is 9.96. The van der Waals surface area contributed by atoms with Crippen molar-refractivity contribution in [3.8, 4) is 5.69 Å². The van der Waals surface area contributed by atoms with E-state index in [9.17, 15) is 0 Å². The van der Waals surface area contributed by atoms with Gasteiger partial charge in [0.2, 0.25) is 0 Å². The molecule has 1 aromatic heterocycles. The van der Waals surface area contributed by atoms with Gasteiger partial charge in [-0.3, -0.25) is 0 Å². The Morgan fingerprint density at radius 1 is 1.24 bits per heavy atom. The van der Waals surface area contributed by atoms with E-state index in [0.29, 0.717) is 0 Å². The number of benzene rings is 1. The van der Waals surface area contributed by atoms with Gasteiger partial charge in [0.1, 0.15) is 0 Å². The molecule has 0 aliphatic heterocycles. The van der Waals surface area contributed by atoms with Crippen LogP contribution in [-0.4, -0.2) is 20.2 Å². The van der Waals surface area contributed by atoms with Crippen LogP contribution in [0, 0.1) is 6.92 Å². The van der Waals surface area contributed by atoms with E-state index in [-0.39, 0.29) is 5.41 Å². The van der Waals surface area contributed by atoms with E-state index in [0.717, 1.165) is 16.0 Å². The van der Waals surface area contributed by atoms with Gasteiger partial charge in [-0.05, 0) is 35.0 Å². The first-order chi connectivity index (χ1) is 7.89. The average molecular weight is 295 g/mol. The van der Waals surface area contributed by atoms with E-state index >= 15 is 0 Å². The molecule has 0 bridgehead atoms. The summed E-state index contributed by atoms with van der Waals surface area (Å²) in [4.78, 5) is 0. The summed E-state index contributed by atoms with van der Waals surface area (Å²) in [6.45, 7) is 8.34. The van der Waals surface area contributed by atoms with E-state index in [1.165, 1.54) is 5.56 Å². The third kappa shape index (κ3) is 2.39. The van der Waals surface area contributed by atoms with Crippen LogP contribution in [-0.2, 0) is 5.41 Å². The molecule has 0 aliphatic rings. The molecule has 0 fully saturated rings. The maximum absolute atomic E-state index is 4.10. The van der Waals surface area contributed by atoms with Gasteiger partial charge in [0.25, 0.3) is 0 Å². The van der Waals surface area contributed by atoms with Crippen molar-refractivity contribution in [3.05, 3.63) is 34.1 Å². The summed E-state index contributed by atoms with van der Waals surface area (Å²) in [7, 11) is 0. The van der Waals surface area contributed by atoms with Gasteiger partial charge in [-0.2, -0.15) is 4.68 Å². The Morgan fingerprint density at radius 2 is 1.94 bits per heavy atom. The lowest BCUT2D eigenvalue weighted by Crippen LogP contribution is -2.18. The molecule has 2 rings (SSSR count). The Balaban J connectivity index is 2.54. The number of halogens is 1. The zero-order valence-corrected chi connectivity index (χ0v) is 12.0. The van der Waals surface area contributed by atoms with Crippen molar-refractivity contribution in [2.24, 2.45) is 0 Å². The summed E-state index contributed by atoms with van der Waals surface area (Å²) < 4.78 is 2.84. The first-order valence-corrected chi connectivity index (χ1v) is 6.24. The van der Waals surface area contributed by atoms with Crippen LogP contribution in [0.25, 0.3) is 5.69 Å². The van der Waals surface area contributed by atoms with E-state index in [2.05, 4.69) is 59.2 Å². The molecule has 1 aromatic carbocycles. The second kappa shape index (κ2) is 4.22. The Morgan fingerprint density at radius 3 is 2.53 bits per heavy atom. The second-order valence-corrected chi connectivity index (χ2v) is 5.95. The van der Waals surface area contributed by atoms with Gasteiger partial charge in [-0.1, -0.05) is 42.8 Å². The number of tetrazole rings is 1. The van der Waals surface area contributed by atoms with Gasteiger partial charge >= 0.3 is 0 Å². The van der Waals surface area contributed by atoms with E-state index in [4.69, 9.17) is 0 Å². The predicted octanol–water partition coefficient (Wildman–Crippen LogP) is 3.03. The molecule has 1 heterocycles. The van der Waals surface area contributed by atoms with E-state index in [1.54, 1.807) is 4.68 Å². The molecule has 0 N–H and O–H groups in total. The average Bonchev–Trinajstić information content (AvgIpc) is 2.70. The molecular formula is C12H15BrN4. The van der Waals surface area contributed by atoms with Crippen LogP contribution in [0.15, 0.2) is 22.7 Å². The zero-order valence-electron chi connectivity index (χ0n) is 10.4. The molecule has 2 aromatic rings. The fraction of sp³-hybridized carbons (Fsp3) is 0.417. The normalized spacial score (nSPS) is 11.8. The Hall–Kier alpha value is -1.23. The van der Waals surface area contributed by atoms with Gasteiger partial charge < -0.3 is 0 Å². The Labute approximate surface area is 109 Å². The fourth-order valence-electron chi connectivity index (χ4n) is 1.54. The molecule has 0 aliphatic carbocycles. The Kier molecular flexibility index (Phi) is 3.03. The number of nitrogens with zero attached hydrogens (tertiary/aromatic N) is 4. The third-order valence-electron chi connectivity index (χ3n) is 2.54. The summed E-state index contributed by atoms with van der Waals surface area (Å²) in [6.07, 6.45) is 0. The molecule has 17 heavy (non-hydrogen) atoms. The summed E-state index contributed by atoms with van der Waals surface area (Å²) >= 11 is 3.52. The number of aryl methyl sites for hydroxylation is 1. The first kappa shape index (κ1) is 12.2. The van der Waals surface area contributed by atoms with Crippen LogP contribution in [0.3, 0.4) is 0 Å². The van der Waals surface area contributed by atoms with Crippen LogP contribution in [0.1, 0.15) is 32.2 Å². The lowest BCUT2D eigenvalue weighted by molar-refractivity contribution is 0.526. The molecule has 4 nitrogen and oxygen atoms in total. The highest BCUT2D eigenvalue weighted by atomic mass is 79.9. The van der Waals surface area contributed by atoms with Gasteiger partial charge in [0.15, 0.2) is 5.82 Å². The highest BCUT2D eigenvalue weighted by molar-refractivity contribution is 9.10. The highest BCUT2D eigenvalue weighted by Gasteiger charge is 2.22. The number of hydrogen-bond donors (Lipinski definition) is 0. The first-order valence-electron chi connectivity index (χ1n) is 5.45. The van der Waals surface area contributed by atoms with E-state index < -0.39 is 0 Å². The SMILES string of the molecule is Cc1ccc(-n2nnnc2C(C)(C)C)cc1Br. The van der Waals surface area contributed by atoms with Crippen molar-refractivity contribution in [1.82, 2.24) is 20.2 Å². The van der Waals surface area contributed by atoms with Gasteiger partial charge in [0, 0.05) is 9.89 Å². The molecule has 0 spiro atoms. The Bertz CT molecular complexity index is 540. The van der Waals surface area contributed by atoms with Crippen LogP contribution >= 0.6 is 15.9 Å². The summed E-state index contributed by atoms with van der Waals surface area (Å²) in [5, 5.41) is 11.9. The molecule has 5 heteroatoms. The molecule has 0 saturated heterocycles. The summed E-state index contributed by atoms with van der Waals surface area (Å²) in [5.41, 5.74) is 2.08. The standard InChI is InChI=1S/C12H15BrN4/c1-8-5-6-9(7-10(8)13)17-11(12(2,3)4)14-15-16-17/h5-7H,1-4H3. The topological polar surface area (TPSA) is 43.6 Å². The maximum atomic E-state index is 4.10. The molecule has 90 valence electrons. The predicted molar refractivity (Wildman–Crippen MR) is 70.3 cm³/mol. The van der Waals surface area contributed by atoms with Crippen molar-refractivity contribution in [3.63, 3.8) is 0 Å². The fourth-order valence-corrected chi connectivity index (χ4v) is 1.91. The van der Waals surface area contributed by atoms with Gasteiger partial charge in [-0.25, -0.2) is 0 Å². The molecule has 0 unspecified atom stereocenters. The van der Waals surface area contributed by atoms with Crippen LogP contribution in [0.4, 0.5) is 0 Å². The number of aromatic nitrogens is 4. The minimum atomic E-state index is -0.0825. The van der Waals surface area contributed by atoms with Crippen molar-refractivity contribution < 1.29 is 0 Å². The van der Waals surface area contributed by atoms with Crippen LogP contribution in [0.2, 0.25) is 0 Å². The van der Waals surface area contributed by atoms with Crippen molar-refractivity contribution in [1.29, 1.82) is 0 Å². The largest absolute Gasteiger partial charge is 0.197 e. The third-order valence-corrected chi connectivity index (χ3v) is 3.39. The minimum absolute atomic E-state index is 0.0825. The quantitative estimate of drug-likeness (QED) is 0.812. The van der Waals surface area contributed by atoms with Crippen molar-refractivity contribution in [2.75, 3.05) is 0 Å². The smallest absolute Gasteiger partial charge is 0.162 e. The molecule has 0 saturated carbocycles. The maximum Gasteiger partial charge on any atom is 0.162 e. The number of hydrogen-bond acceptors (Lipinski definition) is 3. The highest BCUT2D eigenvalue weighted by Crippen LogP contribution is 2.24. The van der Waals surface area contributed by atoms with Gasteiger partial charge in [-0.15, -0.1) is 5.10 Å². The number of rotatable bonds is 1. The zero-order chi connectivity index (χ0) is 12.6. The summed E-state index contributed by atoms with van der Waals surface area (Å²) in [6, 6.07) is 6.10. The van der Waals surface area contributed by atoms with Crippen molar-refractivity contribution in [2.45, 2.75) is 33.1 Å². The van der Waals surface area contributed by atoms with Crippen molar-refractivity contribution >= 4 is 15.9 Å². The molecule has 0 atom stereocenters. The second-order valence-electron chi connectivity index (χ2n) is 5.10. The molecule has 0 amide bonds. The van der Waals surface area contributed by atoms with E-state index in [1.807, 2.05) is 18.2 Å². The monoisotopic (exact) mass is 294 g/mol. The lowest BCUT2D eigenvalue weighted by Gasteiger charge is -2.17. The molecular weight excluding hydrogens is 280 g/mol. The molecule has 0 radical (unpaired) electrons. The minimum Gasteiger partial charge on any atom is -0.197 e. The van der Waals surface area contributed by atoms with Crippen LogP contribution in [0.5, 0.6) is 0 Å². The van der Waals surface area contributed by atoms with Crippen LogP contribution < -0.4 is 0 Å². The van der Waals surface area contributed by atoms with Gasteiger partial charge in [0.05, 0.1) is 5.69 Å². The summed E-state index contributed by atoms with van der Waals surface area (Å²) in [5.74, 6) is 0.855.